The summed E-state index contributed by atoms with van der Waals surface area (Å²) in [5, 5.41) is 11.2. The fourth-order valence-electron chi connectivity index (χ4n) is 4.90. The fourth-order valence-corrected chi connectivity index (χ4v) is 4.90. The highest BCUT2D eigenvalue weighted by molar-refractivity contribution is 6.46. The second kappa shape index (κ2) is 7.59. The number of hydrogen-bond acceptors (Lipinski definition) is 5. The number of hydrogen-bond donors (Lipinski definition) is 1. The zero-order valence-electron chi connectivity index (χ0n) is 16.7. The zero-order valence-corrected chi connectivity index (χ0v) is 16.7. The van der Waals surface area contributed by atoms with E-state index in [-0.39, 0.29) is 17.4 Å². The Bertz CT molecular complexity index is 1020. The van der Waals surface area contributed by atoms with E-state index in [0.29, 0.717) is 17.9 Å². The van der Waals surface area contributed by atoms with Crippen molar-refractivity contribution >= 4 is 17.4 Å². The van der Waals surface area contributed by atoms with Crippen LogP contribution in [0.1, 0.15) is 55.0 Å². The molecule has 0 spiro atoms. The summed E-state index contributed by atoms with van der Waals surface area (Å²) in [4.78, 5) is 32.2. The zero-order chi connectivity index (χ0) is 20.7. The number of fused-ring (bicyclic) bond motifs is 1. The van der Waals surface area contributed by atoms with Gasteiger partial charge in [0.1, 0.15) is 17.6 Å². The van der Waals surface area contributed by atoms with Gasteiger partial charge < -0.3 is 14.7 Å². The molecule has 1 N–H and O–H groups in total. The normalized spacial score (nSPS) is 23.5. The van der Waals surface area contributed by atoms with Crippen LogP contribution in [0.2, 0.25) is 0 Å². The molecule has 1 saturated carbocycles. The largest absolute Gasteiger partial charge is 0.507 e. The average Bonchev–Trinajstić information content (AvgIpc) is 3.40. The van der Waals surface area contributed by atoms with E-state index in [2.05, 4.69) is 4.98 Å². The molecule has 1 atom stereocenters. The first-order valence-electron chi connectivity index (χ1n) is 10.6. The highest BCUT2D eigenvalue weighted by atomic mass is 16.5. The van der Waals surface area contributed by atoms with Crippen LogP contribution in [-0.4, -0.2) is 39.3 Å². The van der Waals surface area contributed by atoms with E-state index >= 15 is 0 Å². The van der Waals surface area contributed by atoms with Crippen molar-refractivity contribution in [3.63, 3.8) is 0 Å². The highest BCUT2D eigenvalue weighted by Gasteiger charge is 2.49. The van der Waals surface area contributed by atoms with Gasteiger partial charge in [-0.25, -0.2) is 0 Å². The van der Waals surface area contributed by atoms with Crippen LogP contribution < -0.4 is 4.74 Å². The predicted molar refractivity (Wildman–Crippen MR) is 111 cm³/mol. The number of carbonyl (C=O) groups is 2. The van der Waals surface area contributed by atoms with E-state index in [4.69, 9.17) is 4.74 Å². The molecule has 6 nitrogen and oxygen atoms in total. The van der Waals surface area contributed by atoms with Gasteiger partial charge in [0.15, 0.2) is 0 Å². The Balaban J connectivity index is 1.64. The summed E-state index contributed by atoms with van der Waals surface area (Å²) >= 11 is 0. The van der Waals surface area contributed by atoms with Gasteiger partial charge in [-0.15, -0.1) is 0 Å². The van der Waals surface area contributed by atoms with Gasteiger partial charge in [-0.1, -0.05) is 18.9 Å². The first-order chi connectivity index (χ1) is 14.6. The Labute approximate surface area is 175 Å². The van der Waals surface area contributed by atoms with Gasteiger partial charge in [-0.3, -0.25) is 14.6 Å². The number of benzene rings is 1. The fraction of sp³-hybridized carbons (Fsp3) is 0.375. The monoisotopic (exact) mass is 404 g/mol. The highest BCUT2D eigenvalue weighted by Crippen LogP contribution is 2.43. The molecule has 2 aliphatic heterocycles. The topological polar surface area (TPSA) is 79.7 Å². The van der Waals surface area contributed by atoms with E-state index in [9.17, 15) is 14.7 Å². The number of Topliss-reactive ketones (excluding diaryl/α,β-unsaturated/α-hetero) is 1. The number of aryl methyl sites for hydroxylation is 1. The number of nitrogens with zero attached hydrogens (tertiary/aromatic N) is 2. The molecule has 1 aromatic heterocycles. The van der Waals surface area contributed by atoms with Gasteiger partial charge >= 0.3 is 0 Å². The third-order valence-electron chi connectivity index (χ3n) is 6.35. The molecule has 6 heteroatoms. The third-order valence-corrected chi connectivity index (χ3v) is 6.35. The molecule has 1 aromatic carbocycles. The average molecular weight is 404 g/mol. The smallest absolute Gasteiger partial charge is 0.295 e. The van der Waals surface area contributed by atoms with E-state index in [1.54, 1.807) is 23.2 Å². The van der Waals surface area contributed by atoms with E-state index < -0.39 is 17.7 Å². The van der Waals surface area contributed by atoms with Gasteiger partial charge in [-0.05, 0) is 61.6 Å². The van der Waals surface area contributed by atoms with Crippen molar-refractivity contribution in [1.29, 1.82) is 0 Å². The molecule has 30 heavy (non-hydrogen) atoms. The molecule has 1 unspecified atom stereocenters. The van der Waals surface area contributed by atoms with Crippen molar-refractivity contribution in [2.75, 3.05) is 6.61 Å². The molecule has 1 amide bonds. The van der Waals surface area contributed by atoms with Crippen molar-refractivity contribution in [2.45, 2.75) is 50.6 Å². The molecule has 0 bridgehead atoms. The number of aliphatic hydroxyl groups excluding tert-OH is 1. The Morgan fingerprint density at radius 3 is 2.70 bits per heavy atom. The second-order valence-electron chi connectivity index (χ2n) is 8.17. The standard InChI is InChI=1S/C24H24N2O4/c27-22(16-10-11-19-15(14-16)6-5-13-30-19)20-21(18-9-3-4-12-25-18)26(24(29)23(20)28)17-7-1-2-8-17/h3-4,9-12,14,17,21,27H,1-2,5-8,13H2/b22-20-. The maximum atomic E-state index is 13.1. The van der Waals surface area contributed by atoms with Crippen molar-refractivity contribution in [3.05, 3.63) is 65.0 Å². The number of aromatic nitrogens is 1. The van der Waals surface area contributed by atoms with Crippen molar-refractivity contribution < 1.29 is 19.4 Å². The van der Waals surface area contributed by atoms with Crippen LogP contribution in [0.15, 0.2) is 48.2 Å². The van der Waals surface area contributed by atoms with Gasteiger partial charge in [0.05, 0.1) is 17.9 Å². The molecule has 2 aromatic rings. The number of pyridine rings is 1. The van der Waals surface area contributed by atoms with Crippen molar-refractivity contribution in [1.82, 2.24) is 9.88 Å². The summed E-state index contributed by atoms with van der Waals surface area (Å²) in [5.41, 5.74) is 2.27. The Morgan fingerprint density at radius 1 is 1.10 bits per heavy atom. The first-order valence-corrected chi connectivity index (χ1v) is 10.6. The van der Waals surface area contributed by atoms with Gasteiger partial charge in [-0.2, -0.15) is 0 Å². The molecule has 5 rings (SSSR count). The van der Waals surface area contributed by atoms with E-state index in [1.807, 2.05) is 24.3 Å². The van der Waals surface area contributed by atoms with Crippen molar-refractivity contribution in [2.24, 2.45) is 0 Å². The lowest BCUT2D eigenvalue weighted by atomic mass is 9.95. The Kier molecular flexibility index (Phi) is 4.77. The Hall–Kier alpha value is -3.15. The molecule has 1 aliphatic carbocycles. The summed E-state index contributed by atoms with van der Waals surface area (Å²) in [7, 11) is 0. The maximum Gasteiger partial charge on any atom is 0.295 e. The quantitative estimate of drug-likeness (QED) is 0.479. The minimum Gasteiger partial charge on any atom is -0.507 e. The molecule has 154 valence electrons. The molecular formula is C24H24N2O4. The number of ether oxygens (including phenoxy) is 1. The molecule has 2 fully saturated rings. The number of rotatable bonds is 3. The van der Waals surface area contributed by atoms with Gasteiger partial charge in [0, 0.05) is 17.8 Å². The summed E-state index contributed by atoms with van der Waals surface area (Å²) in [6.45, 7) is 0.685. The molecular weight excluding hydrogens is 380 g/mol. The maximum absolute atomic E-state index is 13.1. The Morgan fingerprint density at radius 2 is 1.93 bits per heavy atom. The summed E-state index contributed by atoms with van der Waals surface area (Å²) < 4.78 is 5.66. The molecule has 1 saturated heterocycles. The van der Waals surface area contributed by atoms with Crippen LogP contribution in [-0.2, 0) is 16.0 Å². The van der Waals surface area contributed by atoms with Gasteiger partial charge in [0.2, 0.25) is 0 Å². The summed E-state index contributed by atoms with van der Waals surface area (Å²) in [6, 6.07) is 10.2. The third kappa shape index (κ3) is 3.07. The second-order valence-corrected chi connectivity index (χ2v) is 8.17. The number of amides is 1. The van der Waals surface area contributed by atoms with Gasteiger partial charge in [0.25, 0.3) is 11.7 Å². The lowest BCUT2D eigenvalue weighted by Gasteiger charge is -2.30. The van der Waals surface area contributed by atoms with Crippen LogP contribution in [0.25, 0.3) is 5.76 Å². The molecule has 0 radical (unpaired) electrons. The number of carbonyl (C=O) groups excluding carboxylic acids is 2. The predicted octanol–water partition coefficient (Wildman–Crippen LogP) is 3.77. The minimum atomic E-state index is -0.665. The number of likely N-dealkylation sites (tertiary alicyclic amines) is 1. The van der Waals surface area contributed by atoms with E-state index in [0.717, 1.165) is 49.8 Å². The SMILES string of the molecule is O=C1C(=O)N(C2CCCC2)C(c2ccccn2)/C1=C(/O)c1ccc2c(c1)CCCO2. The van der Waals surface area contributed by atoms with Crippen LogP contribution in [0, 0.1) is 0 Å². The lowest BCUT2D eigenvalue weighted by molar-refractivity contribution is -0.141. The van der Waals surface area contributed by atoms with Crippen molar-refractivity contribution in [3.8, 4) is 5.75 Å². The molecule has 3 heterocycles. The van der Waals surface area contributed by atoms with Crippen LogP contribution in [0.5, 0.6) is 5.75 Å². The van der Waals surface area contributed by atoms with Crippen LogP contribution in [0.3, 0.4) is 0 Å². The molecule has 3 aliphatic rings. The lowest BCUT2D eigenvalue weighted by Crippen LogP contribution is -2.37. The van der Waals surface area contributed by atoms with E-state index in [1.165, 1.54) is 0 Å². The summed E-state index contributed by atoms with van der Waals surface area (Å²) in [6.07, 6.45) is 7.23. The number of ketones is 1. The minimum absolute atomic E-state index is 0.00399. The number of aliphatic hydroxyl groups is 1. The van der Waals surface area contributed by atoms with Crippen LogP contribution in [0.4, 0.5) is 0 Å². The first kappa shape index (κ1) is 18.9. The van der Waals surface area contributed by atoms with Crippen LogP contribution >= 0.6 is 0 Å². The summed E-state index contributed by atoms with van der Waals surface area (Å²) in [5.74, 6) is -0.507.